The summed E-state index contributed by atoms with van der Waals surface area (Å²) in [5.74, 6) is 0.952. The highest BCUT2D eigenvalue weighted by Gasteiger charge is 2.12. The van der Waals surface area contributed by atoms with Crippen molar-refractivity contribution >= 4 is 64.4 Å². The number of nitrogens with one attached hydrogen (secondary N) is 1. The van der Waals surface area contributed by atoms with Gasteiger partial charge in [-0.2, -0.15) is 0 Å². The van der Waals surface area contributed by atoms with Crippen LogP contribution in [-0.2, 0) is 6.54 Å². The molecule has 0 aliphatic heterocycles. The Kier molecular flexibility index (Phi) is 4.43. The van der Waals surface area contributed by atoms with Gasteiger partial charge in [-0.1, -0.05) is 34.1 Å². The molecule has 0 aliphatic rings. The zero-order chi connectivity index (χ0) is 15.0. The predicted octanol–water partition coefficient (Wildman–Crippen LogP) is 6.64. The van der Waals surface area contributed by atoms with Crippen molar-refractivity contribution in [1.29, 1.82) is 0 Å². The van der Waals surface area contributed by atoms with Crippen molar-refractivity contribution in [2.24, 2.45) is 0 Å². The number of furan rings is 1. The Bertz CT molecular complexity index is 787. The molecular weight excluding hydrogens is 462 g/mol. The molecule has 0 amide bonds. The number of rotatable bonds is 3. The quantitative estimate of drug-likeness (QED) is 0.461. The molecule has 0 bridgehead atoms. The molecule has 2 nitrogen and oxygen atoms in total. The molecule has 21 heavy (non-hydrogen) atoms. The summed E-state index contributed by atoms with van der Waals surface area (Å²) < 4.78 is 8.84. The molecule has 0 unspecified atom stereocenters. The maximum absolute atomic E-state index is 5.80. The average molecular weight is 474 g/mol. The number of anilines is 1. The minimum Gasteiger partial charge on any atom is -0.461 e. The molecular formula is C16H12Br3NO. The van der Waals surface area contributed by atoms with Crippen molar-refractivity contribution in [2.75, 3.05) is 5.32 Å². The molecule has 0 saturated carbocycles. The van der Waals surface area contributed by atoms with E-state index in [9.17, 15) is 0 Å². The number of hydrogen-bond donors (Lipinski definition) is 1. The first-order valence-corrected chi connectivity index (χ1v) is 8.79. The monoisotopic (exact) mass is 471 g/mol. The average Bonchev–Trinajstić information content (AvgIpc) is 2.73. The van der Waals surface area contributed by atoms with Crippen LogP contribution in [0.3, 0.4) is 0 Å². The third-order valence-corrected chi connectivity index (χ3v) is 5.06. The fourth-order valence-electron chi connectivity index (χ4n) is 2.33. The molecule has 1 aromatic heterocycles. The molecule has 5 heteroatoms. The SMILES string of the molecule is Cc1oc2ccccc2c1CNc1c(Br)cc(Br)cc1Br. The predicted molar refractivity (Wildman–Crippen MR) is 97.8 cm³/mol. The highest BCUT2D eigenvalue weighted by atomic mass is 79.9. The Hall–Kier alpha value is -0.780. The Morgan fingerprint density at radius 3 is 2.43 bits per heavy atom. The highest BCUT2D eigenvalue weighted by molar-refractivity contribution is 9.11. The van der Waals surface area contributed by atoms with Crippen molar-refractivity contribution in [3.63, 3.8) is 0 Å². The Morgan fingerprint density at radius 1 is 1.05 bits per heavy atom. The number of aryl methyl sites for hydroxylation is 1. The third kappa shape index (κ3) is 3.05. The molecule has 0 spiro atoms. The van der Waals surface area contributed by atoms with E-state index in [-0.39, 0.29) is 0 Å². The second kappa shape index (κ2) is 6.15. The maximum atomic E-state index is 5.80. The topological polar surface area (TPSA) is 25.2 Å². The van der Waals surface area contributed by atoms with Gasteiger partial charge in [0.2, 0.25) is 0 Å². The molecule has 1 N–H and O–H groups in total. The first-order chi connectivity index (χ1) is 10.1. The second-order valence-corrected chi connectivity index (χ2v) is 7.36. The lowest BCUT2D eigenvalue weighted by molar-refractivity contribution is 0.573. The van der Waals surface area contributed by atoms with Crippen LogP contribution in [0.1, 0.15) is 11.3 Å². The summed E-state index contributed by atoms with van der Waals surface area (Å²) in [6, 6.07) is 12.2. The summed E-state index contributed by atoms with van der Waals surface area (Å²) >= 11 is 10.6. The van der Waals surface area contributed by atoms with Gasteiger partial charge in [-0.15, -0.1) is 0 Å². The van der Waals surface area contributed by atoms with Crippen molar-refractivity contribution in [1.82, 2.24) is 0 Å². The van der Waals surface area contributed by atoms with Crippen LogP contribution in [0.5, 0.6) is 0 Å². The normalized spacial score (nSPS) is 11.0. The summed E-state index contributed by atoms with van der Waals surface area (Å²) in [6.07, 6.45) is 0. The lowest BCUT2D eigenvalue weighted by Crippen LogP contribution is -2.01. The van der Waals surface area contributed by atoms with Crippen molar-refractivity contribution in [2.45, 2.75) is 13.5 Å². The van der Waals surface area contributed by atoms with Gasteiger partial charge in [0.15, 0.2) is 0 Å². The lowest BCUT2D eigenvalue weighted by atomic mass is 10.1. The molecule has 3 aromatic rings. The number of hydrogen-bond acceptors (Lipinski definition) is 2. The minimum atomic E-state index is 0.710. The minimum absolute atomic E-state index is 0.710. The molecule has 2 aromatic carbocycles. The van der Waals surface area contributed by atoms with Gasteiger partial charge in [0.05, 0.1) is 5.69 Å². The third-order valence-electron chi connectivity index (χ3n) is 3.35. The fourth-order valence-corrected chi connectivity index (χ4v) is 4.87. The van der Waals surface area contributed by atoms with Crippen LogP contribution in [0.2, 0.25) is 0 Å². The molecule has 3 rings (SSSR count). The zero-order valence-electron chi connectivity index (χ0n) is 11.2. The van der Waals surface area contributed by atoms with E-state index in [1.807, 2.05) is 37.3 Å². The van der Waals surface area contributed by atoms with Gasteiger partial charge in [-0.3, -0.25) is 0 Å². The molecule has 0 aliphatic carbocycles. The standard InChI is InChI=1S/C16H12Br3NO/c1-9-12(11-4-2-3-5-15(11)21-9)8-20-16-13(18)6-10(17)7-14(16)19/h2-7,20H,8H2,1H3. The van der Waals surface area contributed by atoms with Crippen LogP contribution in [0.25, 0.3) is 11.0 Å². The van der Waals surface area contributed by atoms with E-state index in [0.29, 0.717) is 6.54 Å². The van der Waals surface area contributed by atoms with Crippen LogP contribution in [0.4, 0.5) is 5.69 Å². The molecule has 1 heterocycles. The van der Waals surface area contributed by atoms with Crippen LogP contribution < -0.4 is 5.32 Å². The van der Waals surface area contributed by atoms with E-state index >= 15 is 0 Å². The van der Waals surface area contributed by atoms with Gasteiger partial charge in [0.25, 0.3) is 0 Å². The number of benzene rings is 2. The highest BCUT2D eigenvalue weighted by Crippen LogP contribution is 2.35. The number of para-hydroxylation sites is 1. The molecule has 0 fully saturated rings. The van der Waals surface area contributed by atoms with Crippen molar-refractivity contribution in [3.8, 4) is 0 Å². The molecule has 0 radical (unpaired) electrons. The first kappa shape index (κ1) is 15.1. The van der Waals surface area contributed by atoms with E-state index in [0.717, 1.165) is 35.8 Å². The summed E-state index contributed by atoms with van der Waals surface area (Å²) in [5, 5.41) is 4.63. The maximum Gasteiger partial charge on any atom is 0.134 e. The molecule has 0 atom stereocenters. The van der Waals surface area contributed by atoms with Gasteiger partial charge in [-0.05, 0) is 57.0 Å². The van der Waals surface area contributed by atoms with Crippen molar-refractivity contribution in [3.05, 3.63) is 61.1 Å². The fraction of sp³-hybridized carbons (Fsp3) is 0.125. The van der Waals surface area contributed by atoms with Gasteiger partial charge in [-0.25, -0.2) is 0 Å². The summed E-state index contributed by atoms with van der Waals surface area (Å²) in [6.45, 7) is 2.71. The molecule has 108 valence electrons. The van der Waals surface area contributed by atoms with Crippen LogP contribution in [0, 0.1) is 6.92 Å². The summed E-state index contributed by atoms with van der Waals surface area (Å²) in [5.41, 5.74) is 3.15. The molecule has 0 saturated heterocycles. The van der Waals surface area contributed by atoms with Crippen LogP contribution in [0.15, 0.2) is 54.2 Å². The van der Waals surface area contributed by atoms with E-state index in [2.05, 4.69) is 59.2 Å². The van der Waals surface area contributed by atoms with Crippen LogP contribution in [-0.4, -0.2) is 0 Å². The van der Waals surface area contributed by atoms with Crippen LogP contribution >= 0.6 is 47.8 Å². The first-order valence-electron chi connectivity index (χ1n) is 6.41. The Morgan fingerprint density at radius 2 is 1.71 bits per heavy atom. The Labute approximate surface area is 148 Å². The largest absolute Gasteiger partial charge is 0.461 e. The number of fused-ring (bicyclic) bond motifs is 1. The summed E-state index contributed by atoms with van der Waals surface area (Å²) in [7, 11) is 0. The van der Waals surface area contributed by atoms with E-state index < -0.39 is 0 Å². The van der Waals surface area contributed by atoms with Gasteiger partial charge in [0, 0.05) is 30.9 Å². The van der Waals surface area contributed by atoms with Crippen molar-refractivity contribution < 1.29 is 4.42 Å². The Balaban J connectivity index is 1.92. The van der Waals surface area contributed by atoms with E-state index in [1.54, 1.807) is 0 Å². The van der Waals surface area contributed by atoms with E-state index in [4.69, 9.17) is 4.42 Å². The zero-order valence-corrected chi connectivity index (χ0v) is 16.0. The summed E-state index contributed by atoms with van der Waals surface area (Å²) in [4.78, 5) is 0. The smallest absolute Gasteiger partial charge is 0.134 e. The van der Waals surface area contributed by atoms with E-state index in [1.165, 1.54) is 5.56 Å². The number of halogens is 3. The lowest BCUT2D eigenvalue weighted by Gasteiger charge is -2.11. The second-order valence-electron chi connectivity index (χ2n) is 4.73. The van der Waals surface area contributed by atoms with Gasteiger partial charge in [0.1, 0.15) is 11.3 Å². The van der Waals surface area contributed by atoms with Gasteiger partial charge >= 0.3 is 0 Å². The van der Waals surface area contributed by atoms with Gasteiger partial charge < -0.3 is 9.73 Å².